The van der Waals surface area contributed by atoms with Gasteiger partial charge in [0.1, 0.15) is 5.75 Å². The molecule has 1 N–H and O–H groups in total. The molecule has 106 valence electrons. The number of carbonyl (C=O) groups excluding carboxylic acids is 1. The summed E-state index contributed by atoms with van der Waals surface area (Å²) < 4.78 is 5.62. The van der Waals surface area contributed by atoms with Gasteiger partial charge in [0.15, 0.2) is 6.61 Å². The van der Waals surface area contributed by atoms with E-state index in [-0.39, 0.29) is 18.6 Å². The van der Waals surface area contributed by atoms with Crippen LogP contribution in [0.3, 0.4) is 0 Å². The van der Waals surface area contributed by atoms with Crippen molar-refractivity contribution in [1.82, 2.24) is 5.32 Å². The maximum Gasteiger partial charge on any atom is 0.258 e. The van der Waals surface area contributed by atoms with E-state index < -0.39 is 0 Å². The van der Waals surface area contributed by atoms with Crippen molar-refractivity contribution in [3.05, 3.63) is 29.3 Å². The molecule has 0 fully saturated rings. The fourth-order valence-electron chi connectivity index (χ4n) is 1.69. The quantitative estimate of drug-likeness (QED) is 0.854. The van der Waals surface area contributed by atoms with Crippen LogP contribution in [-0.2, 0) is 4.79 Å². The molecule has 0 bridgehead atoms. The first-order valence-electron chi connectivity index (χ1n) is 6.96. The van der Waals surface area contributed by atoms with E-state index in [9.17, 15) is 4.79 Å². The summed E-state index contributed by atoms with van der Waals surface area (Å²) in [6.45, 7) is 10.4. The van der Waals surface area contributed by atoms with E-state index in [1.807, 2.05) is 32.9 Å². The Hall–Kier alpha value is -1.51. The molecule has 0 radical (unpaired) electrons. The predicted octanol–water partition coefficient (Wildman–Crippen LogP) is 3.41. The second-order valence-corrected chi connectivity index (χ2v) is 5.35. The maximum atomic E-state index is 11.7. The molecule has 3 nitrogen and oxygen atoms in total. The predicted molar refractivity (Wildman–Crippen MR) is 78.7 cm³/mol. The van der Waals surface area contributed by atoms with Crippen LogP contribution in [0.25, 0.3) is 0 Å². The second kappa shape index (κ2) is 7.17. The van der Waals surface area contributed by atoms with Gasteiger partial charge >= 0.3 is 0 Å². The second-order valence-electron chi connectivity index (χ2n) is 5.35. The number of benzene rings is 1. The Balaban J connectivity index is 2.62. The highest BCUT2D eigenvalue weighted by molar-refractivity contribution is 5.77. The topological polar surface area (TPSA) is 38.3 Å². The number of nitrogens with one attached hydrogen (secondary N) is 1. The van der Waals surface area contributed by atoms with Gasteiger partial charge in [-0.05, 0) is 43.4 Å². The Morgan fingerprint density at radius 2 is 2.00 bits per heavy atom. The van der Waals surface area contributed by atoms with E-state index in [0.717, 1.165) is 17.7 Å². The molecule has 1 unspecified atom stereocenters. The lowest BCUT2D eigenvalue weighted by Crippen LogP contribution is -2.35. The van der Waals surface area contributed by atoms with Crippen molar-refractivity contribution in [3.8, 4) is 5.75 Å². The van der Waals surface area contributed by atoms with E-state index in [4.69, 9.17) is 4.74 Å². The van der Waals surface area contributed by atoms with Crippen molar-refractivity contribution in [3.63, 3.8) is 0 Å². The molecule has 0 aliphatic carbocycles. The molecule has 1 rings (SSSR count). The molecule has 1 atom stereocenters. The van der Waals surface area contributed by atoms with Gasteiger partial charge in [-0.15, -0.1) is 0 Å². The van der Waals surface area contributed by atoms with Gasteiger partial charge in [-0.3, -0.25) is 4.79 Å². The molecule has 1 aromatic carbocycles. The van der Waals surface area contributed by atoms with Crippen molar-refractivity contribution in [2.45, 2.75) is 53.0 Å². The van der Waals surface area contributed by atoms with E-state index in [1.165, 1.54) is 5.56 Å². The summed E-state index contributed by atoms with van der Waals surface area (Å²) in [6, 6.07) is 6.36. The third-order valence-electron chi connectivity index (χ3n) is 3.26. The fraction of sp³-hybridized carbons (Fsp3) is 0.562. The number of rotatable bonds is 6. The number of ether oxygens (including phenoxy) is 1. The highest BCUT2D eigenvalue weighted by Gasteiger charge is 2.09. The standard InChI is InChI=1S/C16H25NO2/c1-6-13(5)17-16(18)10-19-15-9-14(11(2)3)8-7-12(15)4/h7-9,11,13H,6,10H2,1-5H3,(H,17,18). The summed E-state index contributed by atoms with van der Waals surface area (Å²) in [4.78, 5) is 11.7. The van der Waals surface area contributed by atoms with Gasteiger partial charge in [0.25, 0.3) is 5.91 Å². The van der Waals surface area contributed by atoms with E-state index >= 15 is 0 Å². The Morgan fingerprint density at radius 1 is 1.32 bits per heavy atom. The molecule has 0 spiro atoms. The van der Waals surface area contributed by atoms with Crippen LogP contribution in [0.2, 0.25) is 0 Å². The Morgan fingerprint density at radius 3 is 2.58 bits per heavy atom. The average molecular weight is 263 g/mol. The zero-order chi connectivity index (χ0) is 14.4. The highest BCUT2D eigenvalue weighted by Crippen LogP contribution is 2.24. The number of hydrogen-bond acceptors (Lipinski definition) is 2. The van der Waals surface area contributed by atoms with Crippen LogP contribution in [0.5, 0.6) is 5.75 Å². The van der Waals surface area contributed by atoms with E-state index in [0.29, 0.717) is 5.92 Å². The van der Waals surface area contributed by atoms with Crippen LogP contribution in [0, 0.1) is 6.92 Å². The molecule has 0 aromatic heterocycles. The van der Waals surface area contributed by atoms with Crippen molar-refractivity contribution in [2.24, 2.45) is 0 Å². The lowest BCUT2D eigenvalue weighted by Gasteiger charge is -2.14. The molecule has 3 heteroatoms. The molecular weight excluding hydrogens is 238 g/mol. The SMILES string of the molecule is CCC(C)NC(=O)COc1cc(C(C)C)ccc1C. The van der Waals surface area contributed by atoms with Gasteiger partial charge in [0.2, 0.25) is 0 Å². The minimum Gasteiger partial charge on any atom is -0.483 e. The monoisotopic (exact) mass is 263 g/mol. The molecule has 1 amide bonds. The van der Waals surface area contributed by atoms with Crippen molar-refractivity contribution in [1.29, 1.82) is 0 Å². The summed E-state index contributed by atoms with van der Waals surface area (Å²) in [5.41, 5.74) is 2.28. The minimum atomic E-state index is -0.0660. The van der Waals surface area contributed by atoms with E-state index in [1.54, 1.807) is 0 Å². The van der Waals surface area contributed by atoms with Crippen LogP contribution in [-0.4, -0.2) is 18.6 Å². The van der Waals surface area contributed by atoms with Crippen molar-refractivity contribution >= 4 is 5.91 Å². The first kappa shape index (κ1) is 15.5. The number of carbonyl (C=O) groups is 1. The lowest BCUT2D eigenvalue weighted by molar-refractivity contribution is -0.123. The zero-order valence-corrected chi connectivity index (χ0v) is 12.6. The van der Waals surface area contributed by atoms with Crippen LogP contribution in [0.15, 0.2) is 18.2 Å². The minimum absolute atomic E-state index is 0.0660. The van der Waals surface area contributed by atoms with Gasteiger partial charge in [-0.25, -0.2) is 0 Å². The maximum absolute atomic E-state index is 11.7. The van der Waals surface area contributed by atoms with Crippen LogP contribution in [0.1, 0.15) is 51.2 Å². The number of amides is 1. The Labute approximate surface area is 116 Å². The molecule has 0 aliphatic heterocycles. The highest BCUT2D eigenvalue weighted by atomic mass is 16.5. The fourth-order valence-corrected chi connectivity index (χ4v) is 1.69. The summed E-state index contributed by atoms with van der Waals surface area (Å²) in [5.74, 6) is 1.19. The summed E-state index contributed by atoms with van der Waals surface area (Å²) in [5, 5.41) is 2.89. The molecule has 1 aromatic rings. The van der Waals surface area contributed by atoms with Crippen molar-refractivity contribution in [2.75, 3.05) is 6.61 Å². The van der Waals surface area contributed by atoms with Gasteiger partial charge < -0.3 is 10.1 Å². The summed E-state index contributed by atoms with van der Waals surface area (Å²) >= 11 is 0. The van der Waals surface area contributed by atoms with Gasteiger partial charge in [0, 0.05) is 6.04 Å². The largest absolute Gasteiger partial charge is 0.483 e. The van der Waals surface area contributed by atoms with Crippen LogP contribution >= 0.6 is 0 Å². The molecule has 0 saturated heterocycles. The van der Waals surface area contributed by atoms with Gasteiger partial charge in [-0.1, -0.05) is 32.9 Å². The molecule has 0 heterocycles. The normalized spacial score (nSPS) is 12.3. The molecule has 19 heavy (non-hydrogen) atoms. The Kier molecular flexibility index (Phi) is 5.87. The first-order chi connectivity index (χ1) is 8.93. The van der Waals surface area contributed by atoms with Crippen LogP contribution in [0.4, 0.5) is 0 Å². The molecular formula is C16H25NO2. The number of hydrogen-bond donors (Lipinski definition) is 1. The third kappa shape index (κ3) is 4.93. The Bertz CT molecular complexity index is 427. The van der Waals surface area contributed by atoms with E-state index in [2.05, 4.69) is 25.2 Å². The smallest absolute Gasteiger partial charge is 0.258 e. The summed E-state index contributed by atoms with van der Waals surface area (Å²) in [7, 11) is 0. The average Bonchev–Trinajstić information content (AvgIpc) is 2.37. The third-order valence-corrected chi connectivity index (χ3v) is 3.26. The number of aryl methyl sites for hydroxylation is 1. The summed E-state index contributed by atoms with van der Waals surface area (Å²) in [6.07, 6.45) is 0.924. The lowest BCUT2D eigenvalue weighted by atomic mass is 10.0. The van der Waals surface area contributed by atoms with Gasteiger partial charge in [0.05, 0.1) is 0 Å². The van der Waals surface area contributed by atoms with Gasteiger partial charge in [-0.2, -0.15) is 0 Å². The zero-order valence-electron chi connectivity index (χ0n) is 12.6. The first-order valence-corrected chi connectivity index (χ1v) is 6.96. The molecule has 0 aliphatic rings. The molecule has 0 saturated carbocycles. The van der Waals surface area contributed by atoms with Crippen LogP contribution < -0.4 is 10.1 Å². The van der Waals surface area contributed by atoms with Crippen molar-refractivity contribution < 1.29 is 9.53 Å².